The fourth-order valence-corrected chi connectivity index (χ4v) is 6.88. The van der Waals surface area contributed by atoms with Crippen molar-refractivity contribution < 1.29 is 23.7 Å². The summed E-state index contributed by atoms with van der Waals surface area (Å²) in [5.74, 6) is 1.06. The average Bonchev–Trinajstić information content (AvgIpc) is 3.29. The van der Waals surface area contributed by atoms with E-state index in [1.165, 1.54) is 11.3 Å². The summed E-state index contributed by atoms with van der Waals surface area (Å²) in [6.45, 7) is 7.83. The van der Waals surface area contributed by atoms with Crippen molar-refractivity contribution in [3.63, 3.8) is 0 Å². The third-order valence-electron chi connectivity index (χ3n) is 6.92. The Hall–Kier alpha value is -3.86. The number of para-hydroxylation sites is 1. The maximum Gasteiger partial charge on any atom is 0.338 e. The molecule has 0 bridgehead atoms. The number of thiazole rings is 1. The first-order valence-corrected chi connectivity index (χ1v) is 16.3. The van der Waals surface area contributed by atoms with Crippen LogP contribution < -0.4 is 29.1 Å². The van der Waals surface area contributed by atoms with Gasteiger partial charge >= 0.3 is 5.97 Å². The molecule has 0 saturated heterocycles. The van der Waals surface area contributed by atoms with E-state index in [1.807, 2.05) is 62.4 Å². The smallest absolute Gasteiger partial charge is 0.338 e. The van der Waals surface area contributed by atoms with Gasteiger partial charge in [0.1, 0.15) is 18.4 Å². The maximum atomic E-state index is 14.1. The van der Waals surface area contributed by atoms with Gasteiger partial charge in [0.25, 0.3) is 5.56 Å². The molecule has 8 nitrogen and oxygen atoms in total. The summed E-state index contributed by atoms with van der Waals surface area (Å²) in [6.07, 6.45) is 1.65. The summed E-state index contributed by atoms with van der Waals surface area (Å²) >= 11 is 11.0. The quantitative estimate of drug-likeness (QED) is 0.173. The van der Waals surface area contributed by atoms with Crippen molar-refractivity contribution in [3.05, 3.63) is 118 Å². The molecule has 0 amide bonds. The molecule has 1 aromatic heterocycles. The highest BCUT2D eigenvalue weighted by atomic mass is 79.9. The van der Waals surface area contributed by atoms with Crippen LogP contribution in [-0.4, -0.2) is 30.4 Å². The highest BCUT2D eigenvalue weighted by Gasteiger charge is 2.35. The van der Waals surface area contributed by atoms with Crippen molar-refractivity contribution in [3.8, 4) is 17.2 Å². The normalized spacial score (nSPS) is 14.7. The number of esters is 1. The number of benzene rings is 3. The highest BCUT2D eigenvalue weighted by molar-refractivity contribution is 9.10. The molecule has 2 heterocycles. The number of ether oxygens (including phenoxy) is 4. The van der Waals surface area contributed by atoms with Crippen LogP contribution in [0.2, 0.25) is 5.02 Å². The number of rotatable bonds is 10. The van der Waals surface area contributed by atoms with Gasteiger partial charge < -0.3 is 18.9 Å². The molecular formula is C34H32BrClN2O6S. The zero-order valence-corrected chi connectivity index (χ0v) is 28.6. The van der Waals surface area contributed by atoms with E-state index in [9.17, 15) is 9.59 Å². The van der Waals surface area contributed by atoms with Crippen LogP contribution in [0, 0.1) is 0 Å². The molecule has 0 fully saturated rings. The summed E-state index contributed by atoms with van der Waals surface area (Å²) in [5.41, 5.74) is 2.77. The number of halogens is 2. The molecule has 0 unspecified atom stereocenters. The topological polar surface area (TPSA) is 88.4 Å². The molecule has 0 saturated carbocycles. The van der Waals surface area contributed by atoms with E-state index in [-0.39, 0.29) is 24.9 Å². The number of carbonyl (C=O) groups is 1. The van der Waals surface area contributed by atoms with Gasteiger partial charge in [-0.3, -0.25) is 9.36 Å². The molecule has 0 spiro atoms. The zero-order chi connectivity index (χ0) is 32.2. The van der Waals surface area contributed by atoms with E-state index in [4.69, 9.17) is 30.5 Å². The van der Waals surface area contributed by atoms with E-state index in [2.05, 4.69) is 20.9 Å². The SMILES string of the molecule is CCOC(=O)C1=C(C)N=c2s/c(=C\c3cc(Br)c(OCc4cccc(Cl)c4)c(OC)c3)c(=O)n2[C@H]1c1ccccc1OC(C)C. The van der Waals surface area contributed by atoms with Crippen molar-refractivity contribution in [2.75, 3.05) is 13.7 Å². The van der Waals surface area contributed by atoms with Gasteiger partial charge in [-0.15, -0.1) is 0 Å². The average molecular weight is 712 g/mol. The number of nitrogens with zero attached hydrogens (tertiary/aromatic N) is 2. The third-order valence-corrected chi connectivity index (χ3v) is 8.72. The second-order valence-electron chi connectivity index (χ2n) is 10.5. The molecule has 3 aromatic carbocycles. The van der Waals surface area contributed by atoms with Gasteiger partial charge in [0.05, 0.1) is 40.1 Å². The Bertz CT molecular complexity index is 1970. The number of carbonyl (C=O) groups excluding carboxylic acids is 1. The van der Waals surface area contributed by atoms with E-state index in [1.54, 1.807) is 43.7 Å². The number of aromatic nitrogens is 1. The lowest BCUT2D eigenvalue weighted by Gasteiger charge is -2.26. The second kappa shape index (κ2) is 14.1. The fourth-order valence-electron chi connectivity index (χ4n) is 5.05. The van der Waals surface area contributed by atoms with Crippen LogP contribution >= 0.6 is 38.9 Å². The highest BCUT2D eigenvalue weighted by Crippen LogP contribution is 2.38. The summed E-state index contributed by atoms with van der Waals surface area (Å²) in [6, 6.07) is 17.7. The molecule has 1 aliphatic heterocycles. The molecule has 234 valence electrons. The lowest BCUT2D eigenvalue weighted by molar-refractivity contribution is -0.139. The first-order valence-electron chi connectivity index (χ1n) is 14.3. The van der Waals surface area contributed by atoms with Crippen molar-refractivity contribution in [1.82, 2.24) is 4.57 Å². The van der Waals surface area contributed by atoms with Crippen molar-refractivity contribution in [1.29, 1.82) is 0 Å². The summed E-state index contributed by atoms with van der Waals surface area (Å²) in [7, 11) is 1.56. The standard InChI is InChI=1S/C34H32BrClN2O6S/c1-6-42-33(40)29-20(4)37-34-38(30(29)24-12-7-8-13-26(24)44-19(2)3)32(39)28(45-34)17-22-15-25(35)31(27(16-22)41-5)43-18-21-10-9-11-23(36)14-21/h7-17,19,30H,6,18H2,1-5H3/b28-17-/t30-/m0/s1. The summed E-state index contributed by atoms with van der Waals surface area (Å²) in [4.78, 5) is 32.6. The van der Waals surface area contributed by atoms with Crippen molar-refractivity contribution >= 4 is 50.9 Å². The van der Waals surface area contributed by atoms with Gasteiger partial charge in [0, 0.05) is 10.6 Å². The fraction of sp³-hybridized carbons (Fsp3) is 0.265. The Morgan fingerprint density at radius 2 is 1.91 bits per heavy atom. The Balaban J connectivity index is 1.60. The van der Waals surface area contributed by atoms with E-state index in [0.29, 0.717) is 58.5 Å². The first-order chi connectivity index (χ1) is 21.6. The van der Waals surface area contributed by atoms with Crippen LogP contribution in [0.25, 0.3) is 6.08 Å². The van der Waals surface area contributed by atoms with Crippen LogP contribution in [0.15, 0.2) is 86.2 Å². The number of hydrogen-bond acceptors (Lipinski definition) is 8. The molecule has 5 rings (SSSR count). The number of methoxy groups -OCH3 is 1. The third kappa shape index (κ3) is 7.03. The first kappa shape index (κ1) is 32.5. The van der Waals surface area contributed by atoms with Crippen molar-refractivity contribution in [2.45, 2.75) is 46.4 Å². The largest absolute Gasteiger partial charge is 0.493 e. The lowest BCUT2D eigenvalue weighted by atomic mass is 9.95. The number of allylic oxidation sites excluding steroid dienone is 1. The molecular weight excluding hydrogens is 680 g/mol. The van der Waals surface area contributed by atoms with Crippen LogP contribution in [-0.2, 0) is 16.1 Å². The number of hydrogen-bond donors (Lipinski definition) is 0. The van der Waals surface area contributed by atoms with Crippen LogP contribution in [0.5, 0.6) is 17.2 Å². The summed E-state index contributed by atoms with van der Waals surface area (Å²) in [5, 5.41) is 0.627. The van der Waals surface area contributed by atoms with E-state index in [0.717, 1.165) is 5.56 Å². The Labute approximate surface area is 278 Å². The van der Waals surface area contributed by atoms with Crippen LogP contribution in [0.1, 0.15) is 50.4 Å². The molecule has 1 atom stereocenters. The Morgan fingerprint density at radius 1 is 1.13 bits per heavy atom. The second-order valence-corrected chi connectivity index (χ2v) is 12.8. The predicted molar refractivity (Wildman–Crippen MR) is 179 cm³/mol. The molecule has 0 aliphatic carbocycles. The van der Waals surface area contributed by atoms with E-state index < -0.39 is 12.0 Å². The van der Waals surface area contributed by atoms with E-state index >= 15 is 0 Å². The van der Waals surface area contributed by atoms with Crippen LogP contribution in [0.4, 0.5) is 0 Å². The lowest BCUT2D eigenvalue weighted by Crippen LogP contribution is -2.40. The molecule has 0 N–H and O–H groups in total. The van der Waals surface area contributed by atoms with Gasteiger partial charge in [0.15, 0.2) is 16.3 Å². The predicted octanol–water partition coefficient (Wildman–Crippen LogP) is 6.59. The van der Waals surface area contributed by atoms with Crippen LogP contribution in [0.3, 0.4) is 0 Å². The zero-order valence-electron chi connectivity index (χ0n) is 25.4. The van der Waals surface area contributed by atoms with Gasteiger partial charge in [-0.05, 0) is 91.2 Å². The molecule has 0 radical (unpaired) electrons. The van der Waals surface area contributed by atoms with Gasteiger partial charge in [0.2, 0.25) is 0 Å². The van der Waals surface area contributed by atoms with Gasteiger partial charge in [-0.25, -0.2) is 9.79 Å². The van der Waals surface area contributed by atoms with Gasteiger partial charge in [-0.2, -0.15) is 0 Å². The Kier molecular flexibility index (Phi) is 10.2. The summed E-state index contributed by atoms with van der Waals surface area (Å²) < 4.78 is 25.9. The minimum Gasteiger partial charge on any atom is -0.493 e. The van der Waals surface area contributed by atoms with Crippen molar-refractivity contribution in [2.24, 2.45) is 4.99 Å². The molecule has 4 aromatic rings. The molecule has 45 heavy (non-hydrogen) atoms. The van der Waals surface area contributed by atoms with Gasteiger partial charge in [-0.1, -0.05) is 53.3 Å². The molecule has 11 heteroatoms. The number of fused-ring (bicyclic) bond motifs is 1. The maximum absolute atomic E-state index is 14.1. The minimum atomic E-state index is -0.791. The molecule has 1 aliphatic rings. The monoisotopic (exact) mass is 710 g/mol. The Morgan fingerprint density at radius 3 is 2.62 bits per heavy atom. The minimum absolute atomic E-state index is 0.121.